The molecule has 9 aromatic rings. The van der Waals surface area contributed by atoms with Crippen LogP contribution in [0.15, 0.2) is 166 Å². The van der Waals surface area contributed by atoms with Gasteiger partial charge in [-0.2, -0.15) is 15.3 Å². The number of pyridine rings is 3. The molecule has 0 saturated heterocycles. The summed E-state index contributed by atoms with van der Waals surface area (Å²) in [5.74, 6) is 7.51. The van der Waals surface area contributed by atoms with Crippen molar-refractivity contribution in [3.05, 3.63) is 228 Å². The summed E-state index contributed by atoms with van der Waals surface area (Å²) in [7, 11) is 0. The van der Waals surface area contributed by atoms with Crippen molar-refractivity contribution in [2.24, 2.45) is 60.1 Å². The molecule has 2 fully saturated rings. The minimum absolute atomic E-state index is 0.128. The zero-order valence-corrected chi connectivity index (χ0v) is 85.8. The van der Waals surface area contributed by atoms with Crippen LogP contribution in [0.5, 0.6) is 0 Å². The van der Waals surface area contributed by atoms with Gasteiger partial charge in [-0.25, -0.2) is 19.9 Å². The lowest BCUT2D eigenvalue weighted by atomic mass is 9.80. The molecule has 133 heavy (non-hydrogen) atoms. The zero-order chi connectivity index (χ0) is 101. The van der Waals surface area contributed by atoms with E-state index in [9.17, 15) is 47.9 Å². The van der Waals surface area contributed by atoms with Crippen LogP contribution in [0.1, 0.15) is 327 Å². The summed E-state index contributed by atoms with van der Waals surface area (Å²) in [4.78, 5) is 155. The fourth-order valence-electron chi connectivity index (χ4n) is 10.8. The molecule has 0 spiro atoms. The summed E-state index contributed by atoms with van der Waals surface area (Å²) >= 11 is 0. The summed E-state index contributed by atoms with van der Waals surface area (Å²) in [5, 5.41) is 13.9. The average Bonchev–Trinajstić information content (AvgIpc) is 1.70. The Morgan fingerprint density at radius 1 is 0.346 bits per heavy atom. The minimum atomic E-state index is -0.326. The molecule has 0 atom stereocenters. The van der Waals surface area contributed by atoms with Gasteiger partial charge in [0, 0.05) is 183 Å². The lowest BCUT2D eigenvalue weighted by molar-refractivity contribution is -0.128. The fourth-order valence-corrected chi connectivity index (χ4v) is 10.8. The third-order valence-corrected chi connectivity index (χ3v) is 21.0. The maximum absolute atomic E-state index is 11.9. The van der Waals surface area contributed by atoms with E-state index in [4.69, 9.17) is 6.42 Å². The highest BCUT2D eigenvalue weighted by Crippen LogP contribution is 2.40. The molecular formula is C109H156N14O10. The summed E-state index contributed by atoms with van der Waals surface area (Å²) < 4.78 is 0. The first-order valence-corrected chi connectivity index (χ1v) is 46.1. The molecule has 0 unspecified atom stereocenters. The highest BCUT2D eigenvalue weighted by molar-refractivity contribution is 5.89. The summed E-state index contributed by atoms with van der Waals surface area (Å²) in [5.41, 5.74) is 5.43. The van der Waals surface area contributed by atoms with Crippen LogP contribution in [0, 0.1) is 72.4 Å². The highest BCUT2D eigenvalue weighted by atomic mass is 16.2. The van der Waals surface area contributed by atoms with E-state index in [1.165, 1.54) is 56.8 Å². The molecular weight excluding hydrogens is 1670 g/mol. The molecule has 0 amide bonds. The van der Waals surface area contributed by atoms with E-state index in [1.54, 1.807) is 86.4 Å². The van der Waals surface area contributed by atoms with Crippen LogP contribution in [0.3, 0.4) is 0 Å². The van der Waals surface area contributed by atoms with Gasteiger partial charge < -0.3 is 4.98 Å². The number of aromatic amines is 2. The van der Waals surface area contributed by atoms with Crippen molar-refractivity contribution >= 4 is 57.8 Å². The Kier molecular flexibility index (Phi) is 48.8. The first-order valence-electron chi connectivity index (χ1n) is 46.1. The van der Waals surface area contributed by atoms with Crippen molar-refractivity contribution in [2.75, 3.05) is 0 Å². The standard InChI is InChI=1S/C14H19NO.C13H15NO.C12H22O.C12H16O.C11H15NO.3C10H14N2O.C9H14N2O.C8H13N3O/c1-14(2,3)13(16)9-12-8-11(6-7-15-12)10-4-5-10;1-5-10-6-7-14-11(8-10)9-12(15)13(2,3)4;2*1-12(2,3)11(13)9-10-7-5-4-6-8-10;1-11(2,3)10(13)8-9-6-4-5-7-12-9;1-10(2,3)9(13)6-8-7-11-4-5-12-8;1-10(2,3)8(13)7-9-11-5-4-6-12-9;1-10(2,3)9(13)7-8-5-4-6-11-12-8;1-9(2,3)8(12)4-7-5-10-6-11-7;1-8(2,3)6(12)4-7-9-5-10-11-7/h6-8,10H,4-5,9H2,1-3H3;1,6-8H,9H2,2-4H3;10H,4-9H2,1-3H3;4-8H,9H2,1-3H3;4-7H,8H2,1-3H3;4-5,7H,6H2,1-3H3;2*4-6H,7H2,1-3H3;5-6H,4H2,1-3H3,(H,10,11);5H,4H2,1-3H3,(H,9,10,11). The predicted molar refractivity (Wildman–Crippen MR) is 529 cm³/mol. The number of nitrogens with zero attached hydrogens (tertiary/aromatic N) is 12. The van der Waals surface area contributed by atoms with Crippen LogP contribution in [-0.2, 0) is 106 Å². The van der Waals surface area contributed by atoms with Gasteiger partial charge in [-0.1, -0.05) is 282 Å². The Morgan fingerprint density at radius 2 is 0.767 bits per heavy atom. The van der Waals surface area contributed by atoms with Crippen LogP contribution < -0.4 is 0 Å². The SMILES string of the molecule is C#Cc1ccnc(CC(=O)C(C)(C)C)c1.CC(C)(C)C(=O)CC1CCCCC1.CC(C)(C)C(=O)Cc1cc(C2CC2)ccn1.CC(C)(C)C(=O)Cc1ccccc1.CC(C)(C)C(=O)Cc1ccccn1.CC(C)(C)C(=O)Cc1cccnn1.CC(C)(C)C(=O)Cc1cnc[nH]1.CC(C)(C)C(=O)Cc1cnccn1.CC(C)(C)C(=O)Cc1ncccn1.CC(C)(C)C(=O)Cc1ncn[nH]1. The quantitative estimate of drug-likeness (QED) is 0.0631. The zero-order valence-electron chi connectivity index (χ0n) is 85.8. The maximum atomic E-state index is 11.9. The fraction of sp³-hybridized carbons (Fsp3) is 0.541. The van der Waals surface area contributed by atoms with Crippen LogP contribution in [0.25, 0.3) is 0 Å². The van der Waals surface area contributed by atoms with Gasteiger partial charge in [0.25, 0.3) is 0 Å². The van der Waals surface area contributed by atoms with Gasteiger partial charge in [0.15, 0.2) is 0 Å². The van der Waals surface area contributed by atoms with Crippen molar-refractivity contribution in [3.8, 4) is 12.3 Å². The molecule has 24 heteroatoms. The van der Waals surface area contributed by atoms with Crippen molar-refractivity contribution in [1.29, 1.82) is 0 Å². The third-order valence-electron chi connectivity index (χ3n) is 21.0. The Hall–Kier alpha value is -11.5. The number of rotatable bonds is 21. The molecule has 8 aromatic heterocycles. The number of ketones is 10. The van der Waals surface area contributed by atoms with E-state index < -0.39 is 0 Å². The molecule has 11 rings (SSSR count). The largest absolute Gasteiger partial charge is 0.348 e. The molecule has 2 N–H and O–H groups in total. The van der Waals surface area contributed by atoms with Crippen LogP contribution in [0.4, 0.5) is 0 Å². The molecule has 1 aromatic carbocycles. The van der Waals surface area contributed by atoms with Gasteiger partial charge in [0.1, 0.15) is 75.8 Å². The summed E-state index contributed by atoms with van der Waals surface area (Å²) in [6.45, 7) is 57.9. The number of carbonyl (C=O) groups excluding carboxylic acids is 10. The van der Waals surface area contributed by atoms with Gasteiger partial charge >= 0.3 is 0 Å². The predicted octanol–water partition coefficient (Wildman–Crippen LogP) is 21.4. The molecule has 8 heterocycles. The first-order chi connectivity index (χ1) is 61.4. The normalized spacial score (nSPS) is 12.8. The van der Waals surface area contributed by atoms with Gasteiger partial charge in [-0.05, 0) is 90.4 Å². The van der Waals surface area contributed by atoms with Crippen molar-refractivity contribution in [2.45, 2.75) is 323 Å². The van der Waals surface area contributed by atoms with Gasteiger partial charge in [-0.15, -0.1) is 6.42 Å². The molecule has 2 aliphatic carbocycles. The number of H-pyrrole nitrogens is 2. The van der Waals surface area contributed by atoms with Crippen molar-refractivity contribution in [3.63, 3.8) is 0 Å². The van der Waals surface area contributed by atoms with Gasteiger partial charge in [0.05, 0.1) is 43.4 Å². The lowest BCUT2D eigenvalue weighted by Crippen LogP contribution is -2.23. The number of aromatic nitrogens is 14. The Morgan fingerprint density at radius 3 is 1.20 bits per heavy atom. The van der Waals surface area contributed by atoms with Crippen molar-refractivity contribution in [1.82, 2.24) is 70.2 Å². The molecule has 0 aliphatic heterocycles. The average molecular weight is 1820 g/mol. The maximum Gasteiger partial charge on any atom is 0.145 e. The topological polar surface area (TPSA) is 357 Å². The Balaban J connectivity index is 0.000000501. The number of hydrogen-bond donors (Lipinski definition) is 2. The van der Waals surface area contributed by atoms with E-state index >= 15 is 0 Å². The molecule has 2 aliphatic rings. The van der Waals surface area contributed by atoms with E-state index in [1.807, 2.05) is 269 Å². The number of imidazole rings is 1. The van der Waals surface area contributed by atoms with E-state index in [0.29, 0.717) is 86.9 Å². The molecule has 0 bridgehead atoms. The van der Waals surface area contributed by atoms with E-state index in [-0.39, 0.29) is 100 Å². The first kappa shape index (κ1) is 118. The second-order valence-electron chi connectivity index (χ2n) is 44.0. The third kappa shape index (κ3) is 52.5. The number of Topliss-reactive ketones (excluding diaryl/α,β-unsaturated/α-hetero) is 10. The Bertz CT molecular complexity index is 4600. The lowest BCUT2D eigenvalue weighted by Gasteiger charge is -2.24. The summed E-state index contributed by atoms with van der Waals surface area (Å²) in [6.07, 6.45) is 38.5. The number of hydrogen-bond acceptors (Lipinski definition) is 22. The number of nitrogens with one attached hydrogen (secondary N) is 2. The number of benzene rings is 1. The smallest absolute Gasteiger partial charge is 0.145 e. The summed E-state index contributed by atoms with van der Waals surface area (Å²) in [6, 6.07) is 28.6. The molecule has 2 saturated carbocycles. The van der Waals surface area contributed by atoms with Crippen LogP contribution in [0.2, 0.25) is 0 Å². The monoisotopic (exact) mass is 1820 g/mol. The van der Waals surface area contributed by atoms with E-state index in [2.05, 4.69) is 88.3 Å². The van der Waals surface area contributed by atoms with Gasteiger partial charge in [-0.3, -0.25) is 78.0 Å². The second kappa shape index (κ2) is 55.3. The highest BCUT2D eigenvalue weighted by Gasteiger charge is 2.31. The van der Waals surface area contributed by atoms with E-state index in [0.717, 1.165) is 57.6 Å². The molecule has 722 valence electrons. The number of carbonyl (C=O) groups is 10. The molecule has 0 radical (unpaired) electrons. The van der Waals surface area contributed by atoms with Crippen molar-refractivity contribution < 1.29 is 47.9 Å². The van der Waals surface area contributed by atoms with Gasteiger partial charge in [0.2, 0.25) is 0 Å². The number of terminal acetylenes is 1. The second-order valence-corrected chi connectivity index (χ2v) is 44.0. The molecule has 24 nitrogen and oxygen atoms in total. The minimum Gasteiger partial charge on any atom is -0.348 e. The Labute approximate surface area is 794 Å². The van der Waals surface area contributed by atoms with Crippen LogP contribution in [-0.4, -0.2) is 128 Å². The van der Waals surface area contributed by atoms with Crippen LogP contribution >= 0.6 is 0 Å².